The molecule has 0 aliphatic rings. The number of aliphatic carboxylic acids is 1. The van der Waals surface area contributed by atoms with Crippen molar-refractivity contribution in [3.63, 3.8) is 0 Å². The number of carboxylic acids is 1. The summed E-state index contributed by atoms with van der Waals surface area (Å²) in [6.45, 7) is 16.1. The number of carbonyl (C=O) groups is 1. The van der Waals surface area contributed by atoms with E-state index in [9.17, 15) is 4.79 Å². The highest BCUT2D eigenvalue weighted by Gasteiger charge is 2.39. The molecule has 0 fully saturated rings. The first-order chi connectivity index (χ1) is 12.9. The largest absolute Gasteiger partial charge is 0.481 e. The van der Waals surface area contributed by atoms with E-state index in [4.69, 9.17) is 13.3 Å². The van der Waals surface area contributed by atoms with Crippen LogP contribution in [0.1, 0.15) is 77.6 Å². The van der Waals surface area contributed by atoms with Crippen LogP contribution in [-0.4, -0.2) is 36.3 Å². The first-order valence-corrected chi connectivity index (χ1v) is 20.6. The number of rotatable bonds is 18. The third-order valence-electron chi connectivity index (χ3n) is 5.10. The molecule has 0 bridgehead atoms. The van der Waals surface area contributed by atoms with Crippen LogP contribution in [0.15, 0.2) is 0 Å². The molecular weight excluding hydrogens is 400 g/mol. The van der Waals surface area contributed by atoms with Crippen LogP contribution in [0, 0.1) is 0 Å². The van der Waals surface area contributed by atoms with Crippen molar-refractivity contribution >= 4 is 31.2 Å². The summed E-state index contributed by atoms with van der Waals surface area (Å²) >= 11 is 0. The molecule has 0 aliphatic heterocycles. The van der Waals surface area contributed by atoms with Gasteiger partial charge < -0.3 is 13.3 Å². The highest BCUT2D eigenvalue weighted by atomic mass is 28.5. The number of carboxylic acid groups (broad SMARTS) is 1. The fraction of sp³-hybridized carbons (Fsp3) is 0.952. The number of hydrogen-bond acceptors (Lipinski definition) is 3. The van der Waals surface area contributed by atoms with Crippen LogP contribution in [0.25, 0.3) is 0 Å². The Hall–Kier alpha value is 0.0406. The molecule has 1 N–H and O–H groups in total. The lowest BCUT2D eigenvalue weighted by Crippen LogP contribution is -2.52. The molecular formula is C21H48O4Si3. The van der Waals surface area contributed by atoms with Crippen molar-refractivity contribution < 1.29 is 18.1 Å². The van der Waals surface area contributed by atoms with Gasteiger partial charge in [-0.1, -0.05) is 64.7 Å². The second kappa shape index (κ2) is 14.1. The maximum absolute atomic E-state index is 10.5. The lowest BCUT2D eigenvalue weighted by Gasteiger charge is -2.38. The minimum atomic E-state index is -2.04. The molecule has 0 saturated carbocycles. The van der Waals surface area contributed by atoms with Gasteiger partial charge in [0.1, 0.15) is 0 Å². The van der Waals surface area contributed by atoms with Crippen LogP contribution in [0.3, 0.4) is 0 Å². The van der Waals surface area contributed by atoms with Gasteiger partial charge in [0.05, 0.1) is 0 Å². The zero-order valence-electron chi connectivity index (χ0n) is 19.9. The predicted octanol–water partition coefficient (Wildman–Crippen LogP) is 7.53. The van der Waals surface area contributed by atoms with Crippen molar-refractivity contribution in [2.24, 2.45) is 0 Å². The summed E-state index contributed by atoms with van der Waals surface area (Å²) in [5.74, 6) is -0.669. The Balaban J connectivity index is 3.96. The van der Waals surface area contributed by atoms with Crippen LogP contribution >= 0.6 is 0 Å². The molecule has 0 aliphatic carbocycles. The monoisotopic (exact) mass is 448 g/mol. The van der Waals surface area contributed by atoms with E-state index in [2.05, 4.69) is 46.2 Å². The summed E-state index contributed by atoms with van der Waals surface area (Å²) in [6, 6.07) is 2.46. The molecule has 168 valence electrons. The van der Waals surface area contributed by atoms with Crippen molar-refractivity contribution in [1.82, 2.24) is 0 Å². The average molecular weight is 449 g/mol. The minimum Gasteiger partial charge on any atom is -0.481 e. The van der Waals surface area contributed by atoms with Gasteiger partial charge in [-0.25, -0.2) is 0 Å². The van der Waals surface area contributed by atoms with E-state index in [1.807, 2.05) is 0 Å². The highest BCUT2D eigenvalue weighted by molar-refractivity contribution is 6.87. The van der Waals surface area contributed by atoms with Crippen LogP contribution in [-0.2, 0) is 13.0 Å². The van der Waals surface area contributed by atoms with E-state index in [0.29, 0.717) is 6.42 Å². The molecule has 28 heavy (non-hydrogen) atoms. The third-order valence-corrected chi connectivity index (χ3v) is 16.6. The summed E-state index contributed by atoms with van der Waals surface area (Å²) in [7, 11) is -5.31. The van der Waals surface area contributed by atoms with Gasteiger partial charge >= 0.3 is 14.5 Å². The molecule has 0 saturated heterocycles. The van der Waals surface area contributed by atoms with Crippen LogP contribution < -0.4 is 0 Å². The summed E-state index contributed by atoms with van der Waals surface area (Å²) in [5, 5.41) is 8.63. The highest BCUT2D eigenvalue weighted by Crippen LogP contribution is 2.27. The van der Waals surface area contributed by atoms with Crippen molar-refractivity contribution in [1.29, 1.82) is 0 Å². The van der Waals surface area contributed by atoms with Gasteiger partial charge in [-0.3, -0.25) is 4.79 Å². The Morgan fingerprint density at radius 3 is 1.50 bits per heavy atom. The molecule has 0 aromatic heterocycles. The molecule has 0 heterocycles. The van der Waals surface area contributed by atoms with E-state index >= 15 is 0 Å². The first kappa shape index (κ1) is 28.0. The SMILES string of the molecule is CCCC[Si](C)(C)O[Si](C)(C)O[Si](C)(C)CCCCCCCCCCC(=O)O. The Bertz CT molecular complexity index is 426. The molecule has 4 nitrogen and oxygen atoms in total. The second-order valence-electron chi connectivity index (χ2n) is 9.95. The maximum atomic E-state index is 10.5. The van der Waals surface area contributed by atoms with E-state index in [0.717, 1.165) is 12.8 Å². The average Bonchev–Trinajstić information content (AvgIpc) is 2.52. The zero-order chi connectivity index (χ0) is 21.7. The van der Waals surface area contributed by atoms with E-state index < -0.39 is 31.2 Å². The van der Waals surface area contributed by atoms with Crippen LogP contribution in [0.4, 0.5) is 0 Å². The topological polar surface area (TPSA) is 55.8 Å². The van der Waals surface area contributed by atoms with Crippen molar-refractivity contribution in [2.75, 3.05) is 0 Å². The molecule has 0 amide bonds. The maximum Gasteiger partial charge on any atom is 0.311 e. The van der Waals surface area contributed by atoms with Crippen molar-refractivity contribution in [3.8, 4) is 0 Å². The molecule has 0 radical (unpaired) electrons. The second-order valence-corrected chi connectivity index (χ2v) is 22.4. The number of unbranched alkanes of at least 4 members (excludes halogenated alkanes) is 8. The van der Waals surface area contributed by atoms with E-state index in [1.54, 1.807) is 0 Å². The molecule has 0 rings (SSSR count). The van der Waals surface area contributed by atoms with Gasteiger partial charge in [0, 0.05) is 6.42 Å². The Labute approximate surface area is 178 Å². The summed E-state index contributed by atoms with van der Waals surface area (Å²) in [6.07, 6.45) is 12.2. The fourth-order valence-corrected chi connectivity index (χ4v) is 18.3. The first-order valence-electron chi connectivity index (χ1n) is 11.5. The summed E-state index contributed by atoms with van der Waals surface area (Å²) in [4.78, 5) is 10.5. The van der Waals surface area contributed by atoms with Crippen molar-refractivity contribution in [2.45, 2.75) is 129 Å². The summed E-state index contributed by atoms with van der Waals surface area (Å²) < 4.78 is 13.3. The quantitative estimate of drug-likeness (QED) is 0.174. The minimum absolute atomic E-state index is 0.321. The normalized spacial score (nSPS) is 13.1. The van der Waals surface area contributed by atoms with Gasteiger partial charge in [0.15, 0.2) is 16.6 Å². The van der Waals surface area contributed by atoms with Gasteiger partial charge in [0.2, 0.25) is 0 Å². The molecule has 0 aromatic carbocycles. The third kappa shape index (κ3) is 16.9. The van der Waals surface area contributed by atoms with E-state index in [1.165, 1.54) is 63.5 Å². The Morgan fingerprint density at radius 1 is 0.679 bits per heavy atom. The lowest BCUT2D eigenvalue weighted by atomic mass is 10.1. The zero-order valence-corrected chi connectivity index (χ0v) is 22.9. The van der Waals surface area contributed by atoms with Crippen LogP contribution in [0.2, 0.25) is 51.4 Å². The Morgan fingerprint density at radius 2 is 1.07 bits per heavy atom. The smallest absolute Gasteiger partial charge is 0.311 e. The van der Waals surface area contributed by atoms with Gasteiger partial charge in [-0.15, -0.1) is 0 Å². The molecule has 0 unspecified atom stereocenters. The standard InChI is InChI=1S/C21H48O4Si3/c1-8-9-19-26(2,3)24-28(6,7)25-27(4,5)20-17-15-13-11-10-12-14-16-18-21(22)23/h8-20H2,1-7H3,(H,22,23). The molecule has 0 spiro atoms. The van der Waals surface area contributed by atoms with Crippen molar-refractivity contribution in [3.05, 3.63) is 0 Å². The van der Waals surface area contributed by atoms with Gasteiger partial charge in [-0.2, -0.15) is 0 Å². The van der Waals surface area contributed by atoms with E-state index in [-0.39, 0.29) is 0 Å². The molecule has 7 heteroatoms. The predicted molar refractivity (Wildman–Crippen MR) is 128 cm³/mol. The van der Waals surface area contributed by atoms with Crippen LogP contribution in [0.5, 0.6) is 0 Å². The van der Waals surface area contributed by atoms with Gasteiger partial charge in [-0.05, 0) is 57.8 Å². The van der Waals surface area contributed by atoms with Gasteiger partial charge in [0.25, 0.3) is 0 Å². The Kier molecular flexibility index (Phi) is 14.1. The number of hydrogen-bond donors (Lipinski definition) is 1. The lowest BCUT2D eigenvalue weighted by molar-refractivity contribution is -0.137. The fourth-order valence-electron chi connectivity index (χ4n) is 3.94. The molecule has 0 aromatic rings. The molecule has 0 atom stereocenters. The summed E-state index contributed by atoms with van der Waals surface area (Å²) in [5.41, 5.74) is 0.